The third-order valence-electron chi connectivity index (χ3n) is 2.98. The van der Waals surface area contributed by atoms with Crippen LogP contribution >= 0.6 is 0 Å². The second-order valence-corrected chi connectivity index (χ2v) is 4.32. The minimum atomic E-state index is -4.81. The topological polar surface area (TPSA) is 38.3 Å². The quantitative estimate of drug-likeness (QED) is 0.758. The van der Waals surface area contributed by atoms with Crippen molar-refractivity contribution in [3.63, 3.8) is 0 Å². The average Bonchev–Trinajstić information content (AvgIpc) is 2.11. The molecule has 94 valence electrons. The van der Waals surface area contributed by atoms with Gasteiger partial charge in [-0.05, 0) is 20.3 Å². The van der Waals surface area contributed by atoms with E-state index in [9.17, 15) is 18.0 Å². The lowest BCUT2D eigenvalue weighted by atomic mass is 9.89. The summed E-state index contributed by atoms with van der Waals surface area (Å²) in [6.45, 7) is 5.36. The molecule has 0 spiro atoms. The van der Waals surface area contributed by atoms with Crippen molar-refractivity contribution in [3.8, 4) is 0 Å². The SMILES string of the molecule is C[C@@H]1[C@@H](NC(=O)C(F)(F)F)C[C@H](C)O[C@H]1C. The van der Waals surface area contributed by atoms with Crippen LogP contribution in [-0.2, 0) is 9.53 Å². The maximum atomic E-state index is 12.1. The molecule has 1 amide bonds. The molecule has 0 saturated carbocycles. The van der Waals surface area contributed by atoms with Gasteiger partial charge in [0.15, 0.2) is 0 Å². The van der Waals surface area contributed by atoms with Gasteiger partial charge in [-0.1, -0.05) is 6.92 Å². The van der Waals surface area contributed by atoms with E-state index in [4.69, 9.17) is 4.74 Å². The summed E-state index contributed by atoms with van der Waals surface area (Å²) >= 11 is 0. The lowest BCUT2D eigenvalue weighted by Crippen LogP contribution is -2.52. The van der Waals surface area contributed by atoms with Crippen molar-refractivity contribution in [2.24, 2.45) is 5.92 Å². The number of rotatable bonds is 1. The Bertz CT molecular complexity index is 267. The van der Waals surface area contributed by atoms with Gasteiger partial charge in [-0.3, -0.25) is 4.79 Å². The van der Waals surface area contributed by atoms with E-state index in [1.165, 1.54) is 0 Å². The molecule has 1 aliphatic heterocycles. The van der Waals surface area contributed by atoms with Gasteiger partial charge in [0.1, 0.15) is 0 Å². The van der Waals surface area contributed by atoms with Crippen molar-refractivity contribution in [2.75, 3.05) is 0 Å². The largest absolute Gasteiger partial charge is 0.471 e. The highest BCUT2D eigenvalue weighted by atomic mass is 19.4. The Kier molecular flexibility index (Phi) is 3.83. The van der Waals surface area contributed by atoms with Gasteiger partial charge in [-0.15, -0.1) is 0 Å². The van der Waals surface area contributed by atoms with Crippen molar-refractivity contribution in [2.45, 2.75) is 51.6 Å². The fourth-order valence-corrected chi connectivity index (χ4v) is 1.89. The molecule has 6 heteroatoms. The molecule has 0 aromatic carbocycles. The van der Waals surface area contributed by atoms with Gasteiger partial charge in [-0.2, -0.15) is 13.2 Å². The number of ether oxygens (including phenoxy) is 1. The number of amides is 1. The fraction of sp³-hybridized carbons (Fsp3) is 0.900. The molecule has 0 unspecified atom stereocenters. The lowest BCUT2D eigenvalue weighted by Gasteiger charge is -2.38. The number of alkyl halides is 3. The first-order valence-electron chi connectivity index (χ1n) is 5.25. The first-order chi connectivity index (χ1) is 7.21. The van der Waals surface area contributed by atoms with Crippen molar-refractivity contribution in [1.29, 1.82) is 0 Å². The van der Waals surface area contributed by atoms with Crippen LogP contribution in [0.15, 0.2) is 0 Å². The van der Waals surface area contributed by atoms with Gasteiger partial charge < -0.3 is 10.1 Å². The molecule has 1 rings (SSSR count). The maximum Gasteiger partial charge on any atom is 0.471 e. The van der Waals surface area contributed by atoms with Gasteiger partial charge in [0, 0.05) is 12.0 Å². The van der Waals surface area contributed by atoms with Gasteiger partial charge in [0.25, 0.3) is 0 Å². The van der Waals surface area contributed by atoms with Crippen molar-refractivity contribution in [3.05, 3.63) is 0 Å². The first kappa shape index (κ1) is 13.3. The second kappa shape index (κ2) is 4.61. The van der Waals surface area contributed by atoms with Gasteiger partial charge in [0.05, 0.1) is 12.2 Å². The molecule has 1 heterocycles. The van der Waals surface area contributed by atoms with Crippen molar-refractivity contribution < 1.29 is 22.7 Å². The van der Waals surface area contributed by atoms with E-state index in [0.717, 1.165) is 0 Å². The minimum Gasteiger partial charge on any atom is -0.375 e. The lowest BCUT2D eigenvalue weighted by molar-refractivity contribution is -0.176. The van der Waals surface area contributed by atoms with E-state index in [0.29, 0.717) is 6.42 Å². The highest BCUT2D eigenvalue weighted by Crippen LogP contribution is 2.26. The molecule has 1 N–H and O–H groups in total. The van der Waals surface area contributed by atoms with E-state index >= 15 is 0 Å². The summed E-state index contributed by atoms with van der Waals surface area (Å²) in [6.07, 6.45) is -4.69. The van der Waals surface area contributed by atoms with E-state index in [-0.39, 0.29) is 18.1 Å². The molecular formula is C10H16F3NO2. The standard InChI is InChI=1S/C10H16F3NO2/c1-5-4-8(6(2)7(3)16-5)14-9(15)10(11,12)13/h5-8H,4H2,1-3H3,(H,14,15)/t5-,6-,7-,8-/m0/s1. The van der Waals surface area contributed by atoms with Crippen LogP contribution in [0.4, 0.5) is 13.2 Å². The summed E-state index contributed by atoms with van der Waals surface area (Å²) in [7, 11) is 0. The van der Waals surface area contributed by atoms with E-state index < -0.39 is 18.1 Å². The normalized spacial score (nSPS) is 35.9. The minimum absolute atomic E-state index is 0.123. The zero-order valence-corrected chi connectivity index (χ0v) is 9.47. The molecule has 0 aliphatic carbocycles. The number of hydrogen-bond donors (Lipinski definition) is 1. The van der Waals surface area contributed by atoms with Crippen LogP contribution in [0.1, 0.15) is 27.2 Å². The Hall–Kier alpha value is -0.780. The maximum absolute atomic E-state index is 12.1. The van der Waals surface area contributed by atoms with Crippen LogP contribution in [-0.4, -0.2) is 30.3 Å². The van der Waals surface area contributed by atoms with Crippen molar-refractivity contribution in [1.82, 2.24) is 5.32 Å². The number of carbonyl (C=O) groups excluding carboxylic acids is 1. The molecule has 1 saturated heterocycles. The van der Waals surface area contributed by atoms with Crippen LogP contribution in [0.2, 0.25) is 0 Å². The highest BCUT2D eigenvalue weighted by Gasteiger charge is 2.42. The van der Waals surface area contributed by atoms with E-state index in [1.807, 2.05) is 5.32 Å². The molecule has 0 bridgehead atoms. The Morgan fingerprint density at radius 1 is 1.31 bits per heavy atom. The summed E-state index contributed by atoms with van der Waals surface area (Å²) in [5.74, 6) is -1.99. The number of carbonyl (C=O) groups is 1. The molecule has 4 atom stereocenters. The second-order valence-electron chi connectivity index (χ2n) is 4.32. The summed E-state index contributed by atoms with van der Waals surface area (Å²) < 4.78 is 41.7. The van der Waals surface area contributed by atoms with Crippen LogP contribution in [0.5, 0.6) is 0 Å². The van der Waals surface area contributed by atoms with Crippen LogP contribution in [0, 0.1) is 5.92 Å². The molecular weight excluding hydrogens is 223 g/mol. The van der Waals surface area contributed by atoms with Crippen LogP contribution in [0.3, 0.4) is 0 Å². The molecule has 16 heavy (non-hydrogen) atoms. The fourth-order valence-electron chi connectivity index (χ4n) is 1.89. The van der Waals surface area contributed by atoms with E-state index in [1.54, 1.807) is 20.8 Å². The van der Waals surface area contributed by atoms with Crippen LogP contribution < -0.4 is 5.32 Å². The smallest absolute Gasteiger partial charge is 0.375 e. The summed E-state index contributed by atoms with van der Waals surface area (Å²) in [6, 6.07) is -0.479. The van der Waals surface area contributed by atoms with Crippen molar-refractivity contribution >= 4 is 5.91 Å². The zero-order chi connectivity index (χ0) is 12.5. The molecule has 0 aromatic rings. The third-order valence-corrected chi connectivity index (χ3v) is 2.98. The summed E-state index contributed by atoms with van der Waals surface area (Å²) in [5.41, 5.74) is 0. The highest BCUT2D eigenvalue weighted by molar-refractivity contribution is 5.81. The predicted octanol–water partition coefficient (Wildman–Crippen LogP) is 1.87. The third kappa shape index (κ3) is 3.10. The molecule has 1 fully saturated rings. The molecule has 3 nitrogen and oxygen atoms in total. The predicted molar refractivity (Wildman–Crippen MR) is 51.8 cm³/mol. The number of hydrogen-bond acceptors (Lipinski definition) is 2. The number of nitrogens with one attached hydrogen (secondary N) is 1. The van der Waals surface area contributed by atoms with E-state index in [2.05, 4.69) is 0 Å². The molecule has 1 aliphatic rings. The Labute approximate surface area is 92.3 Å². The Morgan fingerprint density at radius 3 is 2.38 bits per heavy atom. The van der Waals surface area contributed by atoms with Crippen LogP contribution in [0.25, 0.3) is 0 Å². The summed E-state index contributed by atoms with van der Waals surface area (Å²) in [4.78, 5) is 10.8. The van der Waals surface area contributed by atoms with Gasteiger partial charge in [0.2, 0.25) is 0 Å². The van der Waals surface area contributed by atoms with Gasteiger partial charge >= 0.3 is 12.1 Å². The zero-order valence-electron chi connectivity index (χ0n) is 9.47. The Balaban J connectivity index is 2.62. The molecule has 0 radical (unpaired) electrons. The first-order valence-corrected chi connectivity index (χ1v) is 5.25. The monoisotopic (exact) mass is 239 g/mol. The molecule has 0 aromatic heterocycles. The Morgan fingerprint density at radius 2 is 1.88 bits per heavy atom. The van der Waals surface area contributed by atoms with Gasteiger partial charge in [-0.25, -0.2) is 0 Å². The average molecular weight is 239 g/mol. The number of halogens is 3. The summed E-state index contributed by atoms with van der Waals surface area (Å²) in [5, 5.41) is 2.03.